The van der Waals surface area contributed by atoms with Crippen molar-refractivity contribution in [1.82, 2.24) is 20.1 Å². The van der Waals surface area contributed by atoms with Crippen LogP contribution < -0.4 is 5.32 Å². The van der Waals surface area contributed by atoms with Crippen LogP contribution in [0.1, 0.15) is 11.7 Å². The summed E-state index contributed by atoms with van der Waals surface area (Å²) in [7, 11) is 1.81. The number of likely N-dealkylation sites (N-methyl/N-ethyl adjacent to an activating group) is 1. The van der Waals surface area contributed by atoms with Crippen LogP contribution in [0.5, 0.6) is 0 Å². The summed E-state index contributed by atoms with van der Waals surface area (Å²) in [4.78, 5) is 3.89. The van der Waals surface area contributed by atoms with Gasteiger partial charge in [0.2, 0.25) is 0 Å². The first kappa shape index (κ1) is 10.8. The maximum absolute atomic E-state index is 9.83. The zero-order valence-electron chi connectivity index (χ0n) is 9.04. The predicted octanol–water partition coefficient (Wildman–Crippen LogP) is 0.520. The molecular weight excluding hydrogens is 204 g/mol. The number of aliphatic hydroxyl groups is 1. The molecule has 0 aliphatic heterocycles. The van der Waals surface area contributed by atoms with Gasteiger partial charge in [-0.15, -0.1) is 0 Å². The number of nitrogens with one attached hydrogen (secondary N) is 1. The summed E-state index contributed by atoms with van der Waals surface area (Å²) in [6.07, 6.45) is 2.61. The monoisotopic (exact) mass is 218 g/mol. The van der Waals surface area contributed by atoms with E-state index >= 15 is 0 Å². The third-order valence-corrected chi connectivity index (χ3v) is 2.34. The molecule has 0 aliphatic rings. The summed E-state index contributed by atoms with van der Waals surface area (Å²) < 4.78 is 1.66. The average Bonchev–Trinajstić information content (AvgIpc) is 2.83. The summed E-state index contributed by atoms with van der Waals surface area (Å²) in [5, 5.41) is 16.8. The van der Waals surface area contributed by atoms with Crippen LogP contribution >= 0.6 is 0 Å². The number of hydrogen-bond acceptors (Lipinski definition) is 4. The van der Waals surface area contributed by atoms with Crippen LogP contribution in [0.15, 0.2) is 36.9 Å². The maximum Gasteiger partial charge on any atom is 0.138 e. The van der Waals surface area contributed by atoms with E-state index in [1.807, 2.05) is 31.3 Å². The van der Waals surface area contributed by atoms with Crippen LogP contribution in [0.3, 0.4) is 0 Å². The fourth-order valence-corrected chi connectivity index (χ4v) is 1.53. The third kappa shape index (κ3) is 2.26. The van der Waals surface area contributed by atoms with E-state index in [0.29, 0.717) is 6.54 Å². The molecule has 0 fully saturated rings. The molecule has 1 heterocycles. The van der Waals surface area contributed by atoms with Gasteiger partial charge in [0.05, 0.1) is 11.8 Å². The second kappa shape index (κ2) is 4.87. The molecule has 0 bridgehead atoms. The lowest BCUT2D eigenvalue weighted by molar-refractivity contribution is 0.178. The largest absolute Gasteiger partial charge is 0.387 e. The molecule has 1 atom stereocenters. The molecule has 2 rings (SSSR count). The van der Waals surface area contributed by atoms with Gasteiger partial charge in [-0.3, -0.25) is 0 Å². The molecule has 1 unspecified atom stereocenters. The zero-order valence-corrected chi connectivity index (χ0v) is 9.04. The minimum absolute atomic E-state index is 0.506. The molecule has 0 radical (unpaired) electrons. The van der Waals surface area contributed by atoms with E-state index in [-0.39, 0.29) is 0 Å². The van der Waals surface area contributed by atoms with Crippen LogP contribution in [-0.2, 0) is 0 Å². The Kier molecular flexibility index (Phi) is 3.28. The van der Waals surface area contributed by atoms with Crippen molar-refractivity contribution >= 4 is 0 Å². The molecule has 5 heteroatoms. The minimum Gasteiger partial charge on any atom is -0.387 e. The van der Waals surface area contributed by atoms with Gasteiger partial charge in [-0.05, 0) is 24.7 Å². The molecule has 5 nitrogen and oxygen atoms in total. The SMILES string of the molecule is CNCC(O)c1cccc(-n2cncn2)c1. The van der Waals surface area contributed by atoms with Crippen LogP contribution in [0, 0.1) is 0 Å². The molecule has 1 aromatic heterocycles. The molecule has 0 aliphatic carbocycles. The van der Waals surface area contributed by atoms with Gasteiger partial charge in [0.1, 0.15) is 12.7 Å². The van der Waals surface area contributed by atoms with Crippen LogP contribution in [0.25, 0.3) is 5.69 Å². The van der Waals surface area contributed by atoms with Crippen molar-refractivity contribution in [2.45, 2.75) is 6.10 Å². The quantitative estimate of drug-likeness (QED) is 0.785. The van der Waals surface area contributed by atoms with Crippen molar-refractivity contribution < 1.29 is 5.11 Å². The van der Waals surface area contributed by atoms with Gasteiger partial charge in [0, 0.05) is 6.54 Å². The Balaban J connectivity index is 2.26. The van der Waals surface area contributed by atoms with Gasteiger partial charge in [-0.1, -0.05) is 12.1 Å². The molecule has 1 aromatic carbocycles. The van der Waals surface area contributed by atoms with Gasteiger partial charge in [0.15, 0.2) is 0 Å². The van der Waals surface area contributed by atoms with E-state index in [1.54, 1.807) is 11.0 Å². The van der Waals surface area contributed by atoms with Crippen LogP contribution in [0.4, 0.5) is 0 Å². The second-order valence-corrected chi connectivity index (χ2v) is 3.51. The number of benzene rings is 1. The van der Waals surface area contributed by atoms with Crippen LogP contribution in [0.2, 0.25) is 0 Å². The number of hydrogen-bond donors (Lipinski definition) is 2. The van der Waals surface area contributed by atoms with Crippen molar-refractivity contribution in [2.75, 3.05) is 13.6 Å². The Morgan fingerprint density at radius 1 is 1.50 bits per heavy atom. The van der Waals surface area contributed by atoms with Crippen LogP contribution in [-0.4, -0.2) is 33.5 Å². The molecule has 84 valence electrons. The summed E-state index contributed by atoms with van der Waals surface area (Å²) in [5.41, 5.74) is 1.76. The molecule has 16 heavy (non-hydrogen) atoms. The average molecular weight is 218 g/mol. The Bertz CT molecular complexity index is 441. The predicted molar refractivity (Wildman–Crippen MR) is 60.2 cm³/mol. The van der Waals surface area contributed by atoms with Gasteiger partial charge < -0.3 is 10.4 Å². The molecule has 2 aromatic rings. The van der Waals surface area contributed by atoms with Gasteiger partial charge in [-0.2, -0.15) is 5.10 Å². The standard InChI is InChI=1S/C11H14N4O/c1-12-6-11(16)9-3-2-4-10(5-9)15-8-13-7-14-15/h2-5,7-8,11-12,16H,6H2,1H3. The molecule has 0 saturated carbocycles. The first-order valence-electron chi connectivity index (χ1n) is 5.09. The Hall–Kier alpha value is -1.72. The number of rotatable bonds is 4. The van der Waals surface area contributed by atoms with E-state index in [2.05, 4.69) is 15.4 Å². The van der Waals surface area contributed by atoms with E-state index in [1.165, 1.54) is 6.33 Å². The van der Waals surface area contributed by atoms with Gasteiger partial charge >= 0.3 is 0 Å². The molecule has 0 spiro atoms. The molecule has 0 saturated heterocycles. The van der Waals surface area contributed by atoms with Crippen molar-refractivity contribution in [3.8, 4) is 5.69 Å². The lowest BCUT2D eigenvalue weighted by Gasteiger charge is -2.11. The summed E-state index contributed by atoms with van der Waals surface area (Å²) in [6.45, 7) is 0.529. The number of aromatic nitrogens is 3. The maximum atomic E-state index is 9.83. The van der Waals surface area contributed by atoms with Crippen molar-refractivity contribution in [3.05, 3.63) is 42.5 Å². The minimum atomic E-state index is -0.506. The normalized spacial score (nSPS) is 12.6. The van der Waals surface area contributed by atoms with E-state index in [4.69, 9.17) is 0 Å². The van der Waals surface area contributed by atoms with Crippen molar-refractivity contribution in [3.63, 3.8) is 0 Å². The highest BCUT2D eigenvalue weighted by Crippen LogP contribution is 2.15. The smallest absolute Gasteiger partial charge is 0.138 e. The molecule has 0 amide bonds. The highest BCUT2D eigenvalue weighted by molar-refractivity contribution is 5.35. The first-order valence-corrected chi connectivity index (χ1v) is 5.09. The number of aliphatic hydroxyl groups excluding tert-OH is 1. The highest BCUT2D eigenvalue weighted by atomic mass is 16.3. The highest BCUT2D eigenvalue weighted by Gasteiger charge is 2.07. The Morgan fingerprint density at radius 2 is 2.38 bits per heavy atom. The Morgan fingerprint density at radius 3 is 3.06 bits per heavy atom. The van der Waals surface area contributed by atoms with Crippen molar-refractivity contribution in [2.24, 2.45) is 0 Å². The molecule has 2 N–H and O–H groups in total. The lowest BCUT2D eigenvalue weighted by Crippen LogP contribution is -2.16. The summed E-state index contributed by atoms with van der Waals surface area (Å²) >= 11 is 0. The van der Waals surface area contributed by atoms with Gasteiger partial charge in [0.25, 0.3) is 0 Å². The first-order chi connectivity index (χ1) is 7.81. The van der Waals surface area contributed by atoms with E-state index in [0.717, 1.165) is 11.3 Å². The zero-order chi connectivity index (χ0) is 11.4. The second-order valence-electron chi connectivity index (χ2n) is 3.51. The third-order valence-electron chi connectivity index (χ3n) is 2.34. The topological polar surface area (TPSA) is 63.0 Å². The summed E-state index contributed by atoms with van der Waals surface area (Å²) in [6, 6.07) is 7.61. The van der Waals surface area contributed by atoms with Gasteiger partial charge in [-0.25, -0.2) is 9.67 Å². The fourth-order valence-electron chi connectivity index (χ4n) is 1.53. The Labute approximate surface area is 93.8 Å². The number of nitrogens with zero attached hydrogens (tertiary/aromatic N) is 3. The fraction of sp³-hybridized carbons (Fsp3) is 0.273. The lowest BCUT2D eigenvalue weighted by atomic mass is 10.1. The molecular formula is C11H14N4O. The van der Waals surface area contributed by atoms with E-state index < -0.39 is 6.10 Å². The summed E-state index contributed by atoms with van der Waals surface area (Å²) in [5.74, 6) is 0. The van der Waals surface area contributed by atoms with Crippen molar-refractivity contribution in [1.29, 1.82) is 0 Å². The van der Waals surface area contributed by atoms with E-state index in [9.17, 15) is 5.11 Å².